The highest BCUT2D eigenvalue weighted by atomic mass is 16.5. The number of morpholine rings is 1. The van der Waals surface area contributed by atoms with Crippen molar-refractivity contribution >= 4 is 11.9 Å². The monoisotopic (exact) mass is 598 g/mol. The molecule has 6 heteroatoms. The van der Waals surface area contributed by atoms with Crippen LogP contribution >= 0.6 is 0 Å². The minimum Gasteiger partial charge on any atom is -0.462 e. The van der Waals surface area contributed by atoms with Crippen LogP contribution in [0.5, 0.6) is 0 Å². The Hall–Kier alpha value is -1.40. The van der Waals surface area contributed by atoms with Crippen molar-refractivity contribution in [1.29, 1.82) is 0 Å². The molecular weight excluding hydrogens is 536 g/mol. The van der Waals surface area contributed by atoms with E-state index in [0.717, 1.165) is 87.6 Å². The molecule has 6 nitrogen and oxygen atoms in total. The van der Waals surface area contributed by atoms with Crippen LogP contribution in [0.15, 0.2) is 11.6 Å². The van der Waals surface area contributed by atoms with Gasteiger partial charge in [-0.25, -0.2) is 0 Å². The second-order valence-electron chi connectivity index (χ2n) is 15.9. The van der Waals surface area contributed by atoms with E-state index in [0.29, 0.717) is 12.0 Å². The molecule has 0 aromatic carbocycles. The molecule has 3 saturated carbocycles. The smallest absolute Gasteiger partial charge is 0.306 e. The molecule has 0 aromatic rings. The highest BCUT2D eigenvalue weighted by Crippen LogP contribution is 2.67. The van der Waals surface area contributed by atoms with Crippen molar-refractivity contribution in [1.82, 2.24) is 10.2 Å². The summed E-state index contributed by atoms with van der Waals surface area (Å²) in [6.07, 6.45) is 16.9. The van der Waals surface area contributed by atoms with Crippen LogP contribution < -0.4 is 5.32 Å². The summed E-state index contributed by atoms with van der Waals surface area (Å²) in [5.74, 6) is 4.74. The predicted molar refractivity (Wildman–Crippen MR) is 172 cm³/mol. The molecule has 1 saturated heterocycles. The van der Waals surface area contributed by atoms with Crippen LogP contribution in [-0.4, -0.2) is 62.3 Å². The minimum atomic E-state index is -0.223. The predicted octanol–water partition coefficient (Wildman–Crippen LogP) is 7.17. The number of fused-ring (bicyclic) bond motifs is 5. The third-order valence-corrected chi connectivity index (χ3v) is 13.0. The van der Waals surface area contributed by atoms with Gasteiger partial charge >= 0.3 is 5.97 Å². The van der Waals surface area contributed by atoms with Gasteiger partial charge in [0.25, 0.3) is 0 Å². The van der Waals surface area contributed by atoms with Gasteiger partial charge in [0.15, 0.2) is 0 Å². The average molecular weight is 599 g/mol. The van der Waals surface area contributed by atoms with E-state index in [1.54, 1.807) is 5.57 Å². The third-order valence-electron chi connectivity index (χ3n) is 13.0. The normalized spacial score (nSPS) is 36.7. The van der Waals surface area contributed by atoms with Crippen LogP contribution in [0.3, 0.4) is 0 Å². The van der Waals surface area contributed by atoms with Gasteiger partial charge < -0.3 is 14.8 Å². The fraction of sp³-hybridized carbons (Fsp3) is 0.892. The summed E-state index contributed by atoms with van der Waals surface area (Å²) in [5, 5.41) is 2.96. The van der Waals surface area contributed by atoms with Gasteiger partial charge in [-0.2, -0.15) is 0 Å². The Balaban J connectivity index is 1.09. The van der Waals surface area contributed by atoms with Crippen LogP contribution in [0.1, 0.15) is 118 Å². The maximum Gasteiger partial charge on any atom is 0.306 e. The van der Waals surface area contributed by atoms with Gasteiger partial charge in [-0.05, 0) is 91.3 Å². The Bertz CT molecular complexity index is 989. The van der Waals surface area contributed by atoms with Crippen molar-refractivity contribution in [3.63, 3.8) is 0 Å². The van der Waals surface area contributed by atoms with Crippen molar-refractivity contribution in [3.8, 4) is 0 Å². The molecule has 244 valence electrons. The Morgan fingerprint density at radius 3 is 2.58 bits per heavy atom. The molecule has 6 unspecified atom stereocenters. The molecule has 4 fully saturated rings. The summed E-state index contributed by atoms with van der Waals surface area (Å²) in [4.78, 5) is 27.3. The number of nitrogens with zero attached hydrogens (tertiary/aromatic N) is 1. The standard InChI is InChI=1S/C37H62N2O4/c1-26(2)7-6-8-27(3)31-11-12-32-30-10-9-28-25-29(15-17-36(28,4)33(30)16-18-37(31,32)5)43-35(41)14-13-34(40)38-19-20-39-21-23-42-24-22-39/h9,26-27,29-33H,6-8,10-25H2,1-5H3,(H,38,40)/t27?,29?,30?,31?,32-,33?,36-,37?/m1/s1. The largest absolute Gasteiger partial charge is 0.462 e. The first-order chi connectivity index (χ1) is 20.6. The summed E-state index contributed by atoms with van der Waals surface area (Å²) in [5.41, 5.74) is 2.33. The quantitative estimate of drug-likeness (QED) is 0.191. The van der Waals surface area contributed by atoms with E-state index in [9.17, 15) is 9.59 Å². The van der Waals surface area contributed by atoms with Crippen LogP contribution in [0, 0.1) is 46.3 Å². The molecule has 5 rings (SSSR count). The lowest BCUT2D eigenvalue weighted by Gasteiger charge is -2.58. The summed E-state index contributed by atoms with van der Waals surface area (Å²) in [6, 6.07) is 0. The molecule has 43 heavy (non-hydrogen) atoms. The number of hydrogen-bond donors (Lipinski definition) is 1. The van der Waals surface area contributed by atoms with Gasteiger partial charge in [-0.15, -0.1) is 0 Å². The first-order valence-electron chi connectivity index (χ1n) is 18.1. The number of allylic oxidation sites excluding steroid dienone is 1. The van der Waals surface area contributed by atoms with Crippen molar-refractivity contribution in [2.24, 2.45) is 46.3 Å². The van der Waals surface area contributed by atoms with Crippen LogP contribution in [0.2, 0.25) is 0 Å². The molecule has 1 amide bonds. The first-order valence-corrected chi connectivity index (χ1v) is 18.1. The van der Waals surface area contributed by atoms with E-state index in [2.05, 4.69) is 50.9 Å². The molecule has 0 bridgehead atoms. The SMILES string of the molecule is CC(C)CCCC(C)C1CC[C@@H]2C3CC=C4CC(OC(=O)CCC(=O)NCCN5CCOCC5)CC[C@@]4(C)C3CCC12C. The molecule has 0 spiro atoms. The van der Waals surface area contributed by atoms with Gasteiger partial charge in [0.05, 0.1) is 19.6 Å². The number of nitrogens with one attached hydrogen (secondary N) is 1. The molecule has 8 atom stereocenters. The Morgan fingerprint density at radius 1 is 1.02 bits per heavy atom. The second kappa shape index (κ2) is 14.4. The van der Waals surface area contributed by atoms with Gasteiger partial charge in [-0.1, -0.05) is 65.5 Å². The summed E-state index contributed by atoms with van der Waals surface area (Å²) in [7, 11) is 0. The van der Waals surface area contributed by atoms with E-state index in [1.165, 1.54) is 51.4 Å². The van der Waals surface area contributed by atoms with Crippen molar-refractivity contribution in [2.75, 3.05) is 39.4 Å². The molecule has 0 radical (unpaired) electrons. The molecule has 5 aliphatic rings. The lowest BCUT2D eigenvalue weighted by molar-refractivity contribution is -0.152. The zero-order valence-corrected chi connectivity index (χ0v) is 28.1. The number of rotatable bonds is 12. The van der Waals surface area contributed by atoms with Crippen LogP contribution in [0.4, 0.5) is 0 Å². The van der Waals surface area contributed by atoms with E-state index in [4.69, 9.17) is 9.47 Å². The number of esters is 1. The number of amides is 1. The number of hydrogen-bond acceptors (Lipinski definition) is 5. The van der Waals surface area contributed by atoms with E-state index in [-0.39, 0.29) is 36.2 Å². The van der Waals surface area contributed by atoms with Gasteiger partial charge in [-0.3, -0.25) is 14.5 Å². The van der Waals surface area contributed by atoms with E-state index in [1.807, 2.05) is 0 Å². The summed E-state index contributed by atoms with van der Waals surface area (Å²) in [6.45, 7) is 17.3. The van der Waals surface area contributed by atoms with Gasteiger partial charge in [0, 0.05) is 39.0 Å². The van der Waals surface area contributed by atoms with Crippen molar-refractivity contribution < 1.29 is 19.1 Å². The Kier molecular flexibility index (Phi) is 11.0. The molecular formula is C37H62N2O4. The number of carbonyl (C=O) groups is 2. The molecule has 1 heterocycles. The molecule has 4 aliphatic carbocycles. The number of carbonyl (C=O) groups excluding carboxylic acids is 2. The zero-order valence-electron chi connectivity index (χ0n) is 28.1. The molecule has 1 N–H and O–H groups in total. The first kappa shape index (κ1) is 33.0. The van der Waals surface area contributed by atoms with Gasteiger partial charge in [0.2, 0.25) is 5.91 Å². The fourth-order valence-corrected chi connectivity index (χ4v) is 10.5. The van der Waals surface area contributed by atoms with Crippen molar-refractivity contribution in [3.05, 3.63) is 11.6 Å². The molecule has 0 aromatic heterocycles. The Labute approximate surface area is 262 Å². The lowest BCUT2D eigenvalue weighted by Crippen LogP contribution is -2.51. The fourth-order valence-electron chi connectivity index (χ4n) is 10.5. The van der Waals surface area contributed by atoms with Crippen molar-refractivity contribution in [2.45, 2.75) is 124 Å². The summed E-state index contributed by atoms with van der Waals surface area (Å²) >= 11 is 0. The highest BCUT2D eigenvalue weighted by Gasteiger charge is 2.59. The zero-order chi connectivity index (χ0) is 30.6. The van der Waals surface area contributed by atoms with E-state index >= 15 is 0 Å². The number of ether oxygens (including phenoxy) is 2. The maximum absolute atomic E-state index is 12.7. The summed E-state index contributed by atoms with van der Waals surface area (Å²) < 4.78 is 11.3. The van der Waals surface area contributed by atoms with Crippen LogP contribution in [0.25, 0.3) is 0 Å². The van der Waals surface area contributed by atoms with Crippen LogP contribution in [-0.2, 0) is 19.1 Å². The minimum absolute atomic E-state index is 0.0378. The second-order valence-corrected chi connectivity index (χ2v) is 15.9. The highest BCUT2D eigenvalue weighted by molar-refractivity contribution is 5.81. The Morgan fingerprint density at radius 2 is 1.81 bits per heavy atom. The maximum atomic E-state index is 12.7. The third kappa shape index (κ3) is 7.54. The lowest BCUT2D eigenvalue weighted by atomic mass is 9.47. The topological polar surface area (TPSA) is 67.9 Å². The molecule has 1 aliphatic heterocycles. The van der Waals surface area contributed by atoms with Gasteiger partial charge in [0.1, 0.15) is 6.10 Å². The average Bonchev–Trinajstić information content (AvgIpc) is 3.34. The van der Waals surface area contributed by atoms with E-state index < -0.39 is 0 Å².